The molecule has 0 saturated carbocycles. The highest BCUT2D eigenvalue weighted by Gasteiger charge is 1.93. The number of thioether (sulfide) groups is 1. The average Bonchev–Trinajstić information content (AvgIpc) is 1.68. The minimum atomic E-state index is 0.731. The van der Waals surface area contributed by atoms with E-state index in [1.165, 1.54) is 6.42 Å². The Labute approximate surface area is 54.6 Å². The van der Waals surface area contributed by atoms with Crippen molar-refractivity contribution in [1.82, 2.24) is 0 Å². The molecule has 0 spiro atoms. The van der Waals surface area contributed by atoms with Crippen LogP contribution >= 0.6 is 23.4 Å². The van der Waals surface area contributed by atoms with Crippen LogP contribution in [-0.2, 0) is 0 Å². The van der Waals surface area contributed by atoms with Gasteiger partial charge in [-0.2, -0.15) is 0 Å². The molecular formula is C5H11ClS. The third-order valence-corrected chi connectivity index (χ3v) is 2.33. The lowest BCUT2D eigenvalue weighted by molar-refractivity contribution is 0.908. The van der Waals surface area contributed by atoms with E-state index < -0.39 is 0 Å². The van der Waals surface area contributed by atoms with Crippen LogP contribution < -0.4 is 0 Å². The van der Waals surface area contributed by atoms with E-state index in [0.29, 0.717) is 0 Å². The van der Waals surface area contributed by atoms with E-state index in [2.05, 4.69) is 13.8 Å². The Bertz CT molecular complexity index is 39.1. The van der Waals surface area contributed by atoms with E-state index in [1.54, 1.807) is 11.8 Å². The molecule has 0 aliphatic rings. The molecule has 0 heterocycles. The van der Waals surface area contributed by atoms with E-state index in [9.17, 15) is 0 Å². The summed E-state index contributed by atoms with van der Waals surface area (Å²) in [5, 5.41) is 1.46. The molecule has 0 bridgehead atoms. The van der Waals surface area contributed by atoms with Gasteiger partial charge in [0.1, 0.15) is 0 Å². The van der Waals surface area contributed by atoms with Gasteiger partial charge in [0.05, 0.1) is 5.21 Å². The lowest BCUT2D eigenvalue weighted by Crippen LogP contribution is -1.90. The molecule has 0 aliphatic carbocycles. The number of hydrogen-bond donors (Lipinski definition) is 0. The Morgan fingerprint density at radius 2 is 2.29 bits per heavy atom. The molecule has 0 radical (unpaired) electrons. The van der Waals surface area contributed by atoms with Gasteiger partial charge in [-0.1, -0.05) is 13.8 Å². The minimum absolute atomic E-state index is 0.731. The molecule has 0 amide bonds. The molecule has 0 nitrogen and oxygen atoms in total. The van der Waals surface area contributed by atoms with Crippen molar-refractivity contribution >= 4 is 23.4 Å². The van der Waals surface area contributed by atoms with Crippen LogP contribution in [0.3, 0.4) is 0 Å². The van der Waals surface area contributed by atoms with Gasteiger partial charge in [-0.15, -0.1) is 23.4 Å². The van der Waals surface area contributed by atoms with Crippen molar-refractivity contribution in [3.63, 3.8) is 0 Å². The summed E-state index contributed by atoms with van der Waals surface area (Å²) >= 11 is 7.23. The topological polar surface area (TPSA) is 0 Å². The lowest BCUT2D eigenvalue weighted by atomic mass is 10.4. The first kappa shape index (κ1) is 7.64. The van der Waals surface area contributed by atoms with Crippen molar-refractivity contribution in [3.05, 3.63) is 0 Å². The fourth-order valence-corrected chi connectivity index (χ4v) is 1.32. The van der Waals surface area contributed by atoms with Crippen molar-refractivity contribution < 1.29 is 0 Å². The van der Waals surface area contributed by atoms with Crippen LogP contribution in [0.25, 0.3) is 0 Å². The molecule has 0 aromatic carbocycles. The fraction of sp³-hybridized carbons (Fsp3) is 1.00. The number of halogens is 1. The smallest absolute Gasteiger partial charge is 0.0682 e. The Kier molecular flexibility index (Phi) is 5.23. The van der Waals surface area contributed by atoms with Gasteiger partial charge in [0.2, 0.25) is 0 Å². The number of hydrogen-bond acceptors (Lipinski definition) is 1. The molecule has 0 aliphatic heterocycles. The van der Waals surface area contributed by atoms with E-state index in [1.807, 2.05) is 0 Å². The molecule has 0 aromatic rings. The van der Waals surface area contributed by atoms with Crippen LogP contribution in [0.1, 0.15) is 20.3 Å². The van der Waals surface area contributed by atoms with Gasteiger partial charge in [-0.05, 0) is 6.42 Å². The predicted molar refractivity (Wildman–Crippen MR) is 38.1 cm³/mol. The molecule has 1 atom stereocenters. The van der Waals surface area contributed by atoms with Crippen LogP contribution in [0.5, 0.6) is 0 Å². The second-order valence-electron chi connectivity index (χ2n) is 1.49. The van der Waals surface area contributed by atoms with Gasteiger partial charge in [0.15, 0.2) is 0 Å². The van der Waals surface area contributed by atoms with Crippen LogP contribution in [0.2, 0.25) is 0 Å². The molecule has 0 saturated heterocycles. The van der Waals surface area contributed by atoms with Gasteiger partial charge in [0, 0.05) is 5.25 Å². The maximum absolute atomic E-state index is 5.44. The quantitative estimate of drug-likeness (QED) is 0.541. The lowest BCUT2D eigenvalue weighted by Gasteiger charge is -2.01. The van der Waals surface area contributed by atoms with Gasteiger partial charge in [-0.25, -0.2) is 0 Å². The zero-order chi connectivity index (χ0) is 5.70. The second kappa shape index (κ2) is 4.79. The van der Waals surface area contributed by atoms with Crippen molar-refractivity contribution in [2.45, 2.75) is 25.5 Å². The molecule has 0 rings (SSSR count). The van der Waals surface area contributed by atoms with Crippen LogP contribution in [0.15, 0.2) is 0 Å². The molecule has 1 unspecified atom stereocenters. The van der Waals surface area contributed by atoms with Gasteiger partial charge < -0.3 is 0 Å². The zero-order valence-corrected chi connectivity index (χ0v) is 6.35. The van der Waals surface area contributed by atoms with Gasteiger partial charge >= 0.3 is 0 Å². The number of alkyl halides is 1. The summed E-state index contributed by atoms with van der Waals surface area (Å²) in [4.78, 5) is 0. The summed E-state index contributed by atoms with van der Waals surface area (Å²) in [5.74, 6) is 0. The molecule has 0 aromatic heterocycles. The van der Waals surface area contributed by atoms with Crippen molar-refractivity contribution in [1.29, 1.82) is 0 Å². The third-order valence-electron chi connectivity index (χ3n) is 0.922. The Hall–Kier alpha value is 0.640. The first-order valence-electron chi connectivity index (χ1n) is 2.48. The SMILES string of the molecule is CCC(C)SCCl. The Morgan fingerprint density at radius 3 is 2.43 bits per heavy atom. The summed E-state index contributed by atoms with van der Waals surface area (Å²) in [7, 11) is 0. The first-order chi connectivity index (χ1) is 3.31. The molecule has 7 heavy (non-hydrogen) atoms. The number of rotatable bonds is 3. The van der Waals surface area contributed by atoms with Crippen LogP contribution in [-0.4, -0.2) is 10.5 Å². The van der Waals surface area contributed by atoms with E-state index in [-0.39, 0.29) is 0 Å². The Balaban J connectivity index is 2.83. The van der Waals surface area contributed by atoms with E-state index in [0.717, 1.165) is 10.5 Å². The molecule has 0 N–H and O–H groups in total. The molecule has 0 fully saturated rings. The summed E-state index contributed by atoms with van der Waals surface area (Å²) < 4.78 is 0. The summed E-state index contributed by atoms with van der Waals surface area (Å²) in [6.45, 7) is 4.36. The monoisotopic (exact) mass is 138 g/mol. The maximum atomic E-state index is 5.44. The van der Waals surface area contributed by atoms with Gasteiger partial charge in [0.25, 0.3) is 0 Å². The summed E-state index contributed by atoms with van der Waals surface area (Å²) in [6, 6.07) is 0. The normalized spacial score (nSPS) is 14.1. The second-order valence-corrected chi connectivity index (χ2v) is 3.51. The molecular weight excluding hydrogens is 128 g/mol. The average molecular weight is 139 g/mol. The summed E-state index contributed by atoms with van der Waals surface area (Å²) in [6.07, 6.45) is 1.22. The van der Waals surface area contributed by atoms with Crippen molar-refractivity contribution in [3.8, 4) is 0 Å². The largest absolute Gasteiger partial charge is 0.143 e. The standard InChI is InChI=1S/C5H11ClS/c1-3-5(2)7-4-6/h5H,3-4H2,1-2H3. The van der Waals surface area contributed by atoms with Gasteiger partial charge in [-0.3, -0.25) is 0 Å². The summed E-state index contributed by atoms with van der Waals surface area (Å²) in [5.41, 5.74) is 0. The first-order valence-corrected chi connectivity index (χ1v) is 4.07. The highest BCUT2D eigenvalue weighted by Crippen LogP contribution is 2.13. The highest BCUT2D eigenvalue weighted by atomic mass is 35.5. The van der Waals surface area contributed by atoms with Crippen LogP contribution in [0, 0.1) is 0 Å². The highest BCUT2D eigenvalue weighted by molar-refractivity contribution is 8.00. The van der Waals surface area contributed by atoms with Crippen molar-refractivity contribution in [2.75, 3.05) is 5.21 Å². The zero-order valence-electron chi connectivity index (χ0n) is 4.78. The van der Waals surface area contributed by atoms with Crippen LogP contribution in [0.4, 0.5) is 0 Å². The predicted octanol–water partition coefficient (Wildman–Crippen LogP) is 2.71. The van der Waals surface area contributed by atoms with E-state index in [4.69, 9.17) is 11.6 Å². The maximum Gasteiger partial charge on any atom is 0.0682 e. The molecule has 2 heteroatoms. The van der Waals surface area contributed by atoms with Crippen molar-refractivity contribution in [2.24, 2.45) is 0 Å². The minimum Gasteiger partial charge on any atom is -0.143 e. The Morgan fingerprint density at radius 1 is 1.71 bits per heavy atom. The third kappa shape index (κ3) is 4.49. The van der Waals surface area contributed by atoms with E-state index >= 15 is 0 Å². The molecule has 44 valence electrons. The fourth-order valence-electron chi connectivity index (χ4n) is 0.225.